The van der Waals surface area contributed by atoms with Crippen molar-refractivity contribution in [3.8, 4) is 0 Å². The second kappa shape index (κ2) is 7.89. The highest BCUT2D eigenvalue weighted by Crippen LogP contribution is 2.28. The molecule has 1 fully saturated rings. The number of nitrogens with one attached hydrogen (secondary N) is 1. The van der Waals surface area contributed by atoms with Crippen LogP contribution in [0.25, 0.3) is 0 Å². The number of amides is 1. The molecule has 1 aromatic heterocycles. The van der Waals surface area contributed by atoms with Crippen LogP contribution in [0.4, 0.5) is 0 Å². The maximum Gasteiger partial charge on any atom is 0.253 e. The van der Waals surface area contributed by atoms with E-state index in [1.807, 2.05) is 19.2 Å². The number of rotatable bonds is 4. The fraction of sp³-hybridized carbons (Fsp3) is 0.524. The van der Waals surface area contributed by atoms with Crippen LogP contribution < -0.4 is 5.32 Å². The molecule has 2 aromatic rings. The van der Waals surface area contributed by atoms with Crippen LogP contribution in [0.15, 0.2) is 24.3 Å². The van der Waals surface area contributed by atoms with E-state index in [2.05, 4.69) is 17.4 Å². The van der Waals surface area contributed by atoms with Gasteiger partial charge >= 0.3 is 0 Å². The number of fused-ring (bicyclic) bond motifs is 1. The summed E-state index contributed by atoms with van der Waals surface area (Å²) >= 11 is 1.79. The highest BCUT2D eigenvalue weighted by molar-refractivity contribution is 7.11. The predicted octanol–water partition coefficient (Wildman–Crippen LogP) is 3.76. The molecule has 1 aliphatic carbocycles. The number of carbonyl (C=O) groups is 1. The van der Waals surface area contributed by atoms with Crippen LogP contribution in [0, 0.1) is 0 Å². The molecule has 1 aliphatic heterocycles. The molecular weight excluding hydrogens is 342 g/mol. The van der Waals surface area contributed by atoms with Gasteiger partial charge in [-0.25, -0.2) is 4.98 Å². The Morgan fingerprint density at radius 2 is 2.04 bits per heavy atom. The van der Waals surface area contributed by atoms with Crippen molar-refractivity contribution in [2.75, 3.05) is 20.1 Å². The van der Waals surface area contributed by atoms with Gasteiger partial charge < -0.3 is 10.2 Å². The summed E-state index contributed by atoms with van der Waals surface area (Å²) in [7, 11) is 1.88. The summed E-state index contributed by atoms with van der Waals surface area (Å²) in [5.41, 5.74) is 3.37. The van der Waals surface area contributed by atoms with Gasteiger partial charge in [-0.15, -0.1) is 11.3 Å². The molecule has 5 heteroatoms. The zero-order chi connectivity index (χ0) is 17.9. The first-order chi connectivity index (χ1) is 12.7. The summed E-state index contributed by atoms with van der Waals surface area (Å²) in [6, 6.07) is 8.22. The largest absolute Gasteiger partial charge is 0.335 e. The van der Waals surface area contributed by atoms with Gasteiger partial charge in [-0.2, -0.15) is 0 Å². The first-order valence-corrected chi connectivity index (χ1v) is 10.6. The third kappa shape index (κ3) is 3.84. The van der Waals surface area contributed by atoms with Crippen molar-refractivity contribution in [3.63, 3.8) is 0 Å². The average Bonchev–Trinajstić information content (AvgIpc) is 3.10. The lowest BCUT2D eigenvalue weighted by Crippen LogP contribution is -2.28. The highest BCUT2D eigenvalue weighted by atomic mass is 32.1. The van der Waals surface area contributed by atoms with Crippen LogP contribution in [-0.4, -0.2) is 35.9 Å². The molecule has 0 radical (unpaired) electrons. The number of thiazole rings is 1. The van der Waals surface area contributed by atoms with E-state index in [-0.39, 0.29) is 5.91 Å². The van der Waals surface area contributed by atoms with Gasteiger partial charge in [0.15, 0.2) is 0 Å². The van der Waals surface area contributed by atoms with E-state index in [0.29, 0.717) is 12.5 Å². The zero-order valence-electron chi connectivity index (χ0n) is 15.5. The minimum Gasteiger partial charge on any atom is -0.335 e. The number of hydrogen-bond acceptors (Lipinski definition) is 4. The summed E-state index contributed by atoms with van der Waals surface area (Å²) < 4.78 is 0. The molecule has 26 heavy (non-hydrogen) atoms. The summed E-state index contributed by atoms with van der Waals surface area (Å²) in [5.74, 6) is 0.652. The van der Waals surface area contributed by atoms with Crippen LogP contribution in [0.2, 0.25) is 0 Å². The molecule has 4 rings (SSSR count). The Hall–Kier alpha value is -1.72. The summed E-state index contributed by atoms with van der Waals surface area (Å²) in [6.07, 6.45) is 7.23. The highest BCUT2D eigenvalue weighted by Gasteiger charge is 2.19. The Balaban J connectivity index is 1.40. The smallest absolute Gasteiger partial charge is 0.253 e. The number of carbonyl (C=O) groups excluding carboxylic acids is 1. The van der Waals surface area contributed by atoms with Crippen molar-refractivity contribution in [3.05, 3.63) is 51.0 Å². The minimum atomic E-state index is 0.0755. The normalized spacial score (nSPS) is 19.8. The number of hydrogen-bond donors (Lipinski definition) is 1. The van der Waals surface area contributed by atoms with Crippen molar-refractivity contribution in [1.82, 2.24) is 15.2 Å². The van der Waals surface area contributed by atoms with E-state index in [4.69, 9.17) is 4.98 Å². The van der Waals surface area contributed by atoms with Gasteiger partial charge in [0.05, 0.1) is 12.2 Å². The lowest BCUT2D eigenvalue weighted by Gasteiger charge is -2.23. The molecule has 0 bridgehead atoms. The van der Waals surface area contributed by atoms with E-state index in [0.717, 1.165) is 36.5 Å². The SMILES string of the molecule is CN(Cc1nc2c(s1)CCCC2)C(=O)c1ccc(C2CCCNC2)cc1. The Morgan fingerprint density at radius 1 is 1.23 bits per heavy atom. The molecule has 2 heterocycles. The molecule has 4 nitrogen and oxygen atoms in total. The molecule has 1 unspecified atom stereocenters. The molecule has 1 atom stereocenters. The van der Waals surface area contributed by atoms with E-state index >= 15 is 0 Å². The summed E-state index contributed by atoms with van der Waals surface area (Å²) in [5, 5.41) is 4.52. The second-order valence-electron chi connectivity index (χ2n) is 7.51. The number of benzene rings is 1. The van der Waals surface area contributed by atoms with E-state index in [9.17, 15) is 4.79 Å². The molecule has 1 aromatic carbocycles. The number of aromatic nitrogens is 1. The van der Waals surface area contributed by atoms with E-state index < -0.39 is 0 Å². The van der Waals surface area contributed by atoms with Gasteiger partial charge in [-0.05, 0) is 68.7 Å². The standard InChI is InChI=1S/C21H27N3OS/c1-24(14-20-23-18-6-2-3-7-19(18)26-20)21(25)16-10-8-15(9-11-16)17-5-4-12-22-13-17/h8-11,17,22H,2-7,12-14H2,1H3. The first-order valence-electron chi connectivity index (χ1n) is 9.74. The molecule has 1 N–H and O–H groups in total. The Kier molecular flexibility index (Phi) is 5.36. The summed E-state index contributed by atoms with van der Waals surface area (Å²) in [4.78, 5) is 20.8. The van der Waals surface area contributed by atoms with Crippen LogP contribution in [0.1, 0.15) is 63.1 Å². The van der Waals surface area contributed by atoms with Gasteiger partial charge in [0.1, 0.15) is 5.01 Å². The fourth-order valence-electron chi connectivity index (χ4n) is 4.00. The first kappa shape index (κ1) is 17.7. The molecule has 0 spiro atoms. The topological polar surface area (TPSA) is 45.2 Å². The van der Waals surface area contributed by atoms with Gasteiger partial charge in [-0.1, -0.05) is 12.1 Å². The molecule has 138 valence electrons. The van der Waals surface area contributed by atoms with Gasteiger partial charge in [0.25, 0.3) is 5.91 Å². The fourth-order valence-corrected chi connectivity index (χ4v) is 5.21. The van der Waals surface area contributed by atoms with Gasteiger partial charge in [0, 0.05) is 24.0 Å². The number of aryl methyl sites for hydroxylation is 2. The Morgan fingerprint density at radius 3 is 2.77 bits per heavy atom. The van der Waals surface area contributed by atoms with Crippen molar-refractivity contribution in [2.24, 2.45) is 0 Å². The van der Waals surface area contributed by atoms with Crippen molar-refractivity contribution >= 4 is 17.2 Å². The predicted molar refractivity (Wildman–Crippen MR) is 106 cm³/mol. The lowest BCUT2D eigenvalue weighted by atomic mass is 9.91. The molecule has 1 amide bonds. The zero-order valence-corrected chi connectivity index (χ0v) is 16.3. The maximum absolute atomic E-state index is 12.8. The monoisotopic (exact) mass is 369 g/mol. The van der Waals surface area contributed by atoms with Crippen LogP contribution in [0.5, 0.6) is 0 Å². The second-order valence-corrected chi connectivity index (χ2v) is 8.68. The summed E-state index contributed by atoms with van der Waals surface area (Å²) in [6.45, 7) is 2.77. The lowest BCUT2D eigenvalue weighted by molar-refractivity contribution is 0.0785. The number of nitrogens with zero attached hydrogens (tertiary/aromatic N) is 2. The van der Waals surface area contributed by atoms with Crippen LogP contribution in [0.3, 0.4) is 0 Å². The van der Waals surface area contributed by atoms with Crippen LogP contribution >= 0.6 is 11.3 Å². The third-order valence-electron chi connectivity index (χ3n) is 5.54. The molecular formula is C21H27N3OS. The van der Waals surface area contributed by atoms with Crippen LogP contribution in [-0.2, 0) is 19.4 Å². The Labute approximate surface area is 159 Å². The van der Waals surface area contributed by atoms with Gasteiger partial charge in [-0.3, -0.25) is 4.79 Å². The average molecular weight is 370 g/mol. The molecule has 2 aliphatic rings. The quantitative estimate of drug-likeness (QED) is 0.892. The van der Waals surface area contributed by atoms with Crippen molar-refractivity contribution < 1.29 is 4.79 Å². The van der Waals surface area contributed by atoms with Crippen molar-refractivity contribution in [1.29, 1.82) is 0 Å². The third-order valence-corrected chi connectivity index (χ3v) is 6.68. The molecule has 1 saturated heterocycles. The van der Waals surface area contributed by atoms with Crippen molar-refractivity contribution in [2.45, 2.75) is 51.0 Å². The minimum absolute atomic E-state index is 0.0755. The maximum atomic E-state index is 12.8. The molecule has 0 saturated carbocycles. The van der Waals surface area contributed by atoms with E-state index in [1.54, 1.807) is 16.2 Å². The van der Waals surface area contributed by atoms with Gasteiger partial charge in [0.2, 0.25) is 0 Å². The Bertz CT molecular complexity index is 739. The van der Waals surface area contributed by atoms with E-state index in [1.165, 1.54) is 41.8 Å². The number of piperidine rings is 1.